The molecule has 0 aliphatic carbocycles. The highest BCUT2D eigenvalue weighted by molar-refractivity contribution is 6.76. The first-order valence-corrected chi connectivity index (χ1v) is 16.4. The molecule has 4 rings (SSSR count). The lowest BCUT2D eigenvalue weighted by Crippen LogP contribution is -2.56. The Balaban J connectivity index is 1.74. The maximum atomic E-state index is 10.2. The summed E-state index contributed by atoms with van der Waals surface area (Å²) in [5.74, 6) is 0. The molecular formula is C25H39BN6O2Si. The van der Waals surface area contributed by atoms with Crippen molar-refractivity contribution < 1.29 is 9.76 Å². The van der Waals surface area contributed by atoms with Crippen molar-refractivity contribution in [2.45, 2.75) is 71.1 Å². The van der Waals surface area contributed by atoms with Gasteiger partial charge in [-0.3, -0.25) is 0 Å². The largest absolute Gasteiger partial charge is 0.437 e. The third kappa shape index (κ3) is 5.77. The summed E-state index contributed by atoms with van der Waals surface area (Å²) < 4.78 is 8.22. The molecule has 2 atom stereocenters. The van der Waals surface area contributed by atoms with Crippen LogP contribution in [0.25, 0.3) is 22.2 Å². The van der Waals surface area contributed by atoms with Gasteiger partial charge in [-0.25, -0.2) is 15.0 Å². The van der Waals surface area contributed by atoms with Gasteiger partial charge in [0.05, 0.1) is 11.1 Å². The SMILES string of the molecule is CB(O)N(C)[C@H]1CCCN(c2ccnc3c2c(-c2cncnc2)cn3COCC[Si](C)(C)C)[C@H]1C. The molecule has 1 aliphatic heterocycles. The smallest absolute Gasteiger partial charge is 0.376 e. The third-order valence-electron chi connectivity index (χ3n) is 7.20. The van der Waals surface area contributed by atoms with Gasteiger partial charge in [-0.15, -0.1) is 0 Å². The van der Waals surface area contributed by atoms with Crippen LogP contribution in [0.3, 0.4) is 0 Å². The first-order chi connectivity index (χ1) is 16.7. The minimum Gasteiger partial charge on any atom is -0.437 e. The van der Waals surface area contributed by atoms with Crippen molar-refractivity contribution in [2.24, 2.45) is 0 Å². The van der Waals surface area contributed by atoms with E-state index in [2.05, 4.69) is 63.1 Å². The van der Waals surface area contributed by atoms with Crippen LogP contribution in [0, 0.1) is 0 Å². The molecule has 3 aromatic rings. The molecule has 1 fully saturated rings. The molecule has 0 amide bonds. The standard InChI is InChI=1S/C25H39BN6O2Si/c1-19-22(30(3)26(2)33)8-7-11-32(19)23-9-10-29-25-24(23)21(20-14-27-17-28-15-20)16-31(25)18-34-12-13-35(4,5)6/h9-10,14-17,19,22,33H,7-8,11-13,18H2,1-6H3/t19-,22-/m0/s1. The molecule has 10 heteroatoms. The molecule has 35 heavy (non-hydrogen) atoms. The minimum atomic E-state index is -1.15. The van der Waals surface area contributed by atoms with E-state index in [0.717, 1.165) is 59.9 Å². The highest BCUT2D eigenvalue weighted by atomic mass is 28.3. The Morgan fingerprint density at radius 3 is 2.69 bits per heavy atom. The molecule has 188 valence electrons. The molecule has 0 unspecified atom stereocenters. The fourth-order valence-corrected chi connectivity index (χ4v) is 5.78. The molecule has 0 spiro atoms. The van der Waals surface area contributed by atoms with E-state index in [1.54, 1.807) is 6.33 Å². The maximum Gasteiger partial charge on any atom is 0.376 e. The Morgan fingerprint density at radius 2 is 2.00 bits per heavy atom. The Morgan fingerprint density at radius 1 is 1.26 bits per heavy atom. The molecule has 0 bridgehead atoms. The fourth-order valence-electron chi connectivity index (χ4n) is 5.02. The van der Waals surface area contributed by atoms with Crippen LogP contribution in [0.1, 0.15) is 19.8 Å². The normalized spacial score (nSPS) is 19.0. The van der Waals surface area contributed by atoms with E-state index >= 15 is 0 Å². The number of pyridine rings is 1. The van der Waals surface area contributed by atoms with E-state index in [1.165, 1.54) is 0 Å². The van der Waals surface area contributed by atoms with Gasteiger partial charge in [0.1, 0.15) is 18.7 Å². The predicted octanol–water partition coefficient (Wildman–Crippen LogP) is 4.21. The molecule has 3 aromatic heterocycles. The Hall–Kier alpha value is -2.27. The van der Waals surface area contributed by atoms with E-state index in [4.69, 9.17) is 9.72 Å². The second-order valence-electron chi connectivity index (χ2n) is 11.0. The first-order valence-electron chi connectivity index (χ1n) is 12.6. The molecule has 1 aliphatic rings. The summed E-state index contributed by atoms with van der Waals surface area (Å²) in [5.41, 5.74) is 4.10. The number of hydrogen-bond donors (Lipinski definition) is 1. The molecule has 1 N–H and O–H groups in total. The Kier molecular flexibility index (Phi) is 7.95. The van der Waals surface area contributed by atoms with Gasteiger partial charge in [-0.05, 0) is 45.7 Å². The molecule has 8 nitrogen and oxygen atoms in total. The summed E-state index contributed by atoms with van der Waals surface area (Å²) in [7, 11) is 0.377. The fraction of sp³-hybridized carbons (Fsp3) is 0.560. The van der Waals surface area contributed by atoms with E-state index in [1.807, 2.05) is 32.5 Å². The summed E-state index contributed by atoms with van der Waals surface area (Å²) >= 11 is 0. The molecular weight excluding hydrogens is 455 g/mol. The molecule has 1 saturated heterocycles. The number of rotatable bonds is 9. The Labute approximate surface area is 210 Å². The number of aromatic nitrogens is 4. The summed E-state index contributed by atoms with van der Waals surface area (Å²) in [6.07, 6.45) is 11.4. The minimum absolute atomic E-state index is 0.241. The van der Waals surface area contributed by atoms with Crippen molar-refractivity contribution in [3.63, 3.8) is 0 Å². The van der Waals surface area contributed by atoms with Crippen molar-refractivity contribution in [3.05, 3.63) is 37.2 Å². The van der Waals surface area contributed by atoms with E-state index in [-0.39, 0.29) is 12.1 Å². The topological polar surface area (TPSA) is 79.5 Å². The maximum absolute atomic E-state index is 10.2. The second kappa shape index (κ2) is 10.8. The number of likely N-dealkylation sites (N-methyl/N-ethyl adjacent to an activating group) is 1. The van der Waals surface area contributed by atoms with Crippen LogP contribution in [-0.4, -0.2) is 76.8 Å². The van der Waals surface area contributed by atoms with Crippen molar-refractivity contribution in [1.29, 1.82) is 0 Å². The van der Waals surface area contributed by atoms with Gasteiger partial charge in [0.15, 0.2) is 0 Å². The van der Waals surface area contributed by atoms with Crippen LogP contribution >= 0.6 is 0 Å². The average molecular weight is 495 g/mol. The van der Waals surface area contributed by atoms with E-state index < -0.39 is 15.1 Å². The Bertz CT molecular complexity index is 1120. The van der Waals surface area contributed by atoms with Crippen LogP contribution in [-0.2, 0) is 11.5 Å². The van der Waals surface area contributed by atoms with Gasteiger partial charge >= 0.3 is 7.05 Å². The van der Waals surface area contributed by atoms with Gasteiger partial charge in [0, 0.05) is 69.2 Å². The lowest BCUT2D eigenvalue weighted by Gasteiger charge is -2.45. The summed E-state index contributed by atoms with van der Waals surface area (Å²) in [4.78, 5) is 17.9. The summed E-state index contributed by atoms with van der Waals surface area (Å²) in [5, 5.41) is 11.3. The van der Waals surface area contributed by atoms with Gasteiger partial charge in [-0.1, -0.05) is 19.6 Å². The number of nitrogens with zero attached hydrogens (tertiary/aromatic N) is 6. The second-order valence-corrected chi connectivity index (χ2v) is 16.6. The highest BCUT2D eigenvalue weighted by Crippen LogP contribution is 2.39. The summed E-state index contributed by atoms with van der Waals surface area (Å²) in [6.45, 7) is 13.4. The van der Waals surface area contributed by atoms with Crippen molar-refractivity contribution >= 4 is 31.8 Å². The zero-order chi connectivity index (χ0) is 25.2. The molecule has 0 saturated carbocycles. The average Bonchev–Trinajstić information content (AvgIpc) is 3.20. The van der Waals surface area contributed by atoms with Crippen molar-refractivity contribution in [2.75, 3.05) is 25.1 Å². The molecule has 0 radical (unpaired) electrons. The number of piperidine rings is 1. The third-order valence-corrected chi connectivity index (χ3v) is 8.91. The predicted molar refractivity (Wildman–Crippen MR) is 146 cm³/mol. The quantitative estimate of drug-likeness (QED) is 0.353. The number of fused-ring (bicyclic) bond motifs is 1. The summed E-state index contributed by atoms with van der Waals surface area (Å²) in [6, 6.07) is 3.76. The molecule has 0 aromatic carbocycles. The van der Waals surface area contributed by atoms with Gasteiger partial charge in [0.25, 0.3) is 0 Å². The van der Waals surface area contributed by atoms with Crippen LogP contribution in [0.4, 0.5) is 5.69 Å². The van der Waals surface area contributed by atoms with Crippen LogP contribution in [0.5, 0.6) is 0 Å². The van der Waals surface area contributed by atoms with Gasteiger partial charge in [0.2, 0.25) is 0 Å². The number of ether oxygens (including phenoxy) is 1. The monoisotopic (exact) mass is 494 g/mol. The van der Waals surface area contributed by atoms with Crippen LogP contribution < -0.4 is 4.90 Å². The highest BCUT2D eigenvalue weighted by Gasteiger charge is 2.34. The number of hydrogen-bond acceptors (Lipinski definition) is 7. The van der Waals surface area contributed by atoms with Crippen LogP contribution in [0.2, 0.25) is 32.5 Å². The van der Waals surface area contributed by atoms with E-state index in [9.17, 15) is 5.02 Å². The van der Waals surface area contributed by atoms with Crippen LogP contribution in [0.15, 0.2) is 37.2 Å². The van der Waals surface area contributed by atoms with Crippen molar-refractivity contribution in [3.8, 4) is 11.1 Å². The molecule has 4 heterocycles. The van der Waals surface area contributed by atoms with Gasteiger partial charge < -0.3 is 24.0 Å². The first kappa shape index (κ1) is 25.8. The van der Waals surface area contributed by atoms with Gasteiger partial charge in [-0.2, -0.15) is 0 Å². The number of anilines is 1. The lowest BCUT2D eigenvalue weighted by molar-refractivity contribution is 0.0899. The zero-order valence-corrected chi connectivity index (χ0v) is 23.0. The lowest BCUT2D eigenvalue weighted by atomic mass is 9.80. The van der Waals surface area contributed by atoms with E-state index in [0.29, 0.717) is 6.73 Å². The zero-order valence-electron chi connectivity index (χ0n) is 22.0. The van der Waals surface area contributed by atoms with Crippen molar-refractivity contribution in [1.82, 2.24) is 24.3 Å².